The van der Waals surface area contributed by atoms with Crippen LogP contribution >= 0.6 is 11.8 Å². The quantitative estimate of drug-likeness (QED) is 0.725. The molecule has 7 heteroatoms. The number of ether oxygens (including phenoxy) is 1. The molecule has 0 radical (unpaired) electrons. The molecular formula is C18H16F2N2O2S. The monoisotopic (exact) mass is 362 g/mol. The van der Waals surface area contributed by atoms with Gasteiger partial charge in [0.1, 0.15) is 5.75 Å². The van der Waals surface area contributed by atoms with E-state index in [1.54, 1.807) is 17.8 Å². The summed E-state index contributed by atoms with van der Waals surface area (Å²) in [5.74, 6) is 0.943. The molecule has 1 N–H and O–H groups in total. The number of carbonyl (C=O) groups is 1. The van der Waals surface area contributed by atoms with Crippen molar-refractivity contribution in [1.29, 1.82) is 5.26 Å². The molecule has 4 nitrogen and oxygen atoms in total. The van der Waals surface area contributed by atoms with Gasteiger partial charge in [-0.1, -0.05) is 24.3 Å². The third-order valence-corrected chi connectivity index (χ3v) is 4.26. The van der Waals surface area contributed by atoms with Gasteiger partial charge >= 0.3 is 6.61 Å². The van der Waals surface area contributed by atoms with E-state index in [4.69, 9.17) is 5.26 Å². The van der Waals surface area contributed by atoms with E-state index in [1.807, 2.05) is 18.2 Å². The topological polar surface area (TPSA) is 62.1 Å². The van der Waals surface area contributed by atoms with Crippen molar-refractivity contribution in [3.63, 3.8) is 0 Å². The number of thioether (sulfide) groups is 1. The number of hydrogen-bond donors (Lipinski definition) is 1. The Hall–Kier alpha value is -2.59. The second-order valence-electron chi connectivity index (χ2n) is 4.98. The standard InChI is InChI=1S/C18H16F2N2O2S/c19-18(20)24-16-7-3-6-13(10-16)17(23)22-8-9-25-12-15-5-2-1-4-14(15)11-21/h1-7,10,18H,8-9,12H2,(H,22,23). The summed E-state index contributed by atoms with van der Waals surface area (Å²) in [6.07, 6.45) is 0. The highest BCUT2D eigenvalue weighted by molar-refractivity contribution is 7.98. The molecule has 2 rings (SSSR count). The summed E-state index contributed by atoms with van der Waals surface area (Å²) in [7, 11) is 0. The van der Waals surface area contributed by atoms with Crippen molar-refractivity contribution in [2.75, 3.05) is 12.3 Å². The molecular weight excluding hydrogens is 346 g/mol. The Morgan fingerprint density at radius 3 is 2.80 bits per heavy atom. The van der Waals surface area contributed by atoms with Crippen molar-refractivity contribution in [2.24, 2.45) is 0 Å². The van der Waals surface area contributed by atoms with E-state index < -0.39 is 6.61 Å². The van der Waals surface area contributed by atoms with Gasteiger partial charge < -0.3 is 10.1 Å². The summed E-state index contributed by atoms with van der Waals surface area (Å²) >= 11 is 1.59. The van der Waals surface area contributed by atoms with Gasteiger partial charge in [0.15, 0.2) is 0 Å². The van der Waals surface area contributed by atoms with Crippen LogP contribution in [0, 0.1) is 11.3 Å². The van der Waals surface area contributed by atoms with Gasteiger partial charge in [-0.2, -0.15) is 25.8 Å². The molecule has 1 amide bonds. The average molecular weight is 362 g/mol. The maximum Gasteiger partial charge on any atom is 0.387 e. The van der Waals surface area contributed by atoms with E-state index in [0.29, 0.717) is 23.6 Å². The van der Waals surface area contributed by atoms with Crippen molar-refractivity contribution in [3.8, 4) is 11.8 Å². The molecule has 0 aromatic heterocycles. The highest BCUT2D eigenvalue weighted by Gasteiger charge is 2.09. The molecule has 0 aliphatic heterocycles. The Kier molecular flexibility index (Phi) is 7.23. The third kappa shape index (κ3) is 6.08. The number of rotatable bonds is 8. The summed E-state index contributed by atoms with van der Waals surface area (Å²) < 4.78 is 28.7. The number of halogens is 2. The number of nitriles is 1. The van der Waals surface area contributed by atoms with Crippen LogP contribution in [-0.4, -0.2) is 24.8 Å². The summed E-state index contributed by atoms with van der Waals surface area (Å²) in [6, 6.07) is 15.2. The Balaban J connectivity index is 1.76. The first-order valence-electron chi connectivity index (χ1n) is 7.49. The van der Waals surface area contributed by atoms with E-state index in [1.165, 1.54) is 24.3 Å². The zero-order valence-corrected chi connectivity index (χ0v) is 14.1. The van der Waals surface area contributed by atoms with Crippen LogP contribution in [0.25, 0.3) is 0 Å². The van der Waals surface area contributed by atoms with Gasteiger partial charge in [0.2, 0.25) is 0 Å². The van der Waals surface area contributed by atoms with E-state index in [-0.39, 0.29) is 17.2 Å². The second-order valence-corrected chi connectivity index (χ2v) is 6.09. The zero-order valence-electron chi connectivity index (χ0n) is 13.2. The van der Waals surface area contributed by atoms with Crippen molar-refractivity contribution in [2.45, 2.75) is 12.4 Å². The maximum atomic E-state index is 12.2. The fourth-order valence-corrected chi connectivity index (χ4v) is 2.95. The third-order valence-electron chi connectivity index (χ3n) is 3.25. The van der Waals surface area contributed by atoms with Crippen molar-refractivity contribution in [3.05, 3.63) is 65.2 Å². The van der Waals surface area contributed by atoms with Gasteiger partial charge in [-0.05, 0) is 29.8 Å². The van der Waals surface area contributed by atoms with Gasteiger partial charge in [-0.3, -0.25) is 4.79 Å². The normalized spacial score (nSPS) is 10.3. The summed E-state index contributed by atoms with van der Waals surface area (Å²) in [6.45, 7) is -2.50. The summed E-state index contributed by atoms with van der Waals surface area (Å²) in [5, 5.41) is 11.8. The lowest BCUT2D eigenvalue weighted by atomic mass is 10.1. The fourth-order valence-electron chi connectivity index (χ4n) is 2.09. The number of amides is 1. The molecule has 0 atom stereocenters. The molecule has 2 aromatic rings. The lowest BCUT2D eigenvalue weighted by Crippen LogP contribution is -2.25. The van der Waals surface area contributed by atoms with Crippen molar-refractivity contribution in [1.82, 2.24) is 5.32 Å². The molecule has 0 fully saturated rings. The van der Waals surface area contributed by atoms with Crippen LogP contribution in [0.4, 0.5) is 8.78 Å². The van der Waals surface area contributed by atoms with E-state index in [0.717, 1.165) is 5.56 Å². The first-order valence-corrected chi connectivity index (χ1v) is 8.64. The number of nitrogens with zero attached hydrogens (tertiary/aromatic N) is 1. The van der Waals surface area contributed by atoms with Gasteiger partial charge in [-0.15, -0.1) is 0 Å². The second kappa shape index (κ2) is 9.64. The van der Waals surface area contributed by atoms with E-state index >= 15 is 0 Å². The molecule has 0 bridgehead atoms. The van der Waals surface area contributed by atoms with Crippen LogP contribution in [0.5, 0.6) is 5.75 Å². The fraction of sp³-hybridized carbons (Fsp3) is 0.222. The minimum Gasteiger partial charge on any atom is -0.435 e. The summed E-state index contributed by atoms with van der Waals surface area (Å²) in [4.78, 5) is 12.0. The van der Waals surface area contributed by atoms with Crippen molar-refractivity contribution < 1.29 is 18.3 Å². The van der Waals surface area contributed by atoms with Crippen LogP contribution in [0.2, 0.25) is 0 Å². The summed E-state index contributed by atoms with van der Waals surface area (Å²) in [5.41, 5.74) is 1.87. The molecule has 0 spiro atoms. The number of alkyl halides is 2. The van der Waals surface area contributed by atoms with Gasteiger partial charge in [0.05, 0.1) is 11.6 Å². The first-order chi connectivity index (χ1) is 12.1. The Bertz CT molecular complexity index is 763. The number of benzene rings is 2. The highest BCUT2D eigenvalue weighted by Crippen LogP contribution is 2.17. The minimum atomic E-state index is -2.93. The molecule has 0 saturated heterocycles. The molecule has 0 aliphatic rings. The average Bonchev–Trinajstić information content (AvgIpc) is 2.61. The van der Waals surface area contributed by atoms with Gasteiger partial charge in [0, 0.05) is 23.6 Å². The molecule has 2 aromatic carbocycles. The predicted octanol–water partition coefficient (Wildman–Crippen LogP) is 3.82. The molecule has 0 saturated carbocycles. The van der Waals surface area contributed by atoms with Crippen molar-refractivity contribution >= 4 is 17.7 Å². The minimum absolute atomic E-state index is 0.0508. The molecule has 0 heterocycles. The lowest BCUT2D eigenvalue weighted by Gasteiger charge is -2.08. The molecule has 0 unspecified atom stereocenters. The van der Waals surface area contributed by atoms with Crippen LogP contribution in [0.15, 0.2) is 48.5 Å². The van der Waals surface area contributed by atoms with Gasteiger partial charge in [0.25, 0.3) is 5.91 Å². The van der Waals surface area contributed by atoms with E-state index in [2.05, 4.69) is 16.1 Å². The molecule has 130 valence electrons. The number of nitrogens with one attached hydrogen (secondary N) is 1. The lowest BCUT2D eigenvalue weighted by molar-refractivity contribution is -0.0498. The zero-order chi connectivity index (χ0) is 18.1. The van der Waals surface area contributed by atoms with Crippen LogP contribution in [0.1, 0.15) is 21.5 Å². The highest BCUT2D eigenvalue weighted by atomic mass is 32.2. The van der Waals surface area contributed by atoms with E-state index in [9.17, 15) is 13.6 Å². The number of hydrogen-bond acceptors (Lipinski definition) is 4. The van der Waals surface area contributed by atoms with Gasteiger partial charge in [-0.25, -0.2) is 0 Å². The maximum absolute atomic E-state index is 12.2. The van der Waals surface area contributed by atoms with Crippen LogP contribution in [-0.2, 0) is 5.75 Å². The van der Waals surface area contributed by atoms with Crippen LogP contribution < -0.4 is 10.1 Å². The van der Waals surface area contributed by atoms with Crippen LogP contribution in [0.3, 0.4) is 0 Å². The first kappa shape index (κ1) is 18.7. The Labute approximate surface area is 148 Å². The Morgan fingerprint density at radius 2 is 2.04 bits per heavy atom. The molecule has 25 heavy (non-hydrogen) atoms. The predicted molar refractivity (Wildman–Crippen MR) is 92.7 cm³/mol. The SMILES string of the molecule is N#Cc1ccccc1CSCCNC(=O)c1cccc(OC(F)F)c1. The Morgan fingerprint density at radius 1 is 1.24 bits per heavy atom. The smallest absolute Gasteiger partial charge is 0.387 e. The number of carbonyl (C=O) groups excluding carboxylic acids is 1. The largest absolute Gasteiger partial charge is 0.435 e. The molecule has 0 aliphatic carbocycles.